The Morgan fingerprint density at radius 3 is 2.48 bits per heavy atom. The van der Waals surface area contributed by atoms with Gasteiger partial charge < -0.3 is 24.8 Å². The largest absolute Gasteiger partial charge is 0.393 e. The molecule has 9 atom stereocenters. The summed E-state index contributed by atoms with van der Waals surface area (Å²) in [4.78, 5) is 0. The fourth-order valence-electron chi connectivity index (χ4n) is 8.68. The summed E-state index contributed by atoms with van der Waals surface area (Å²) in [5.74, 6) is -0.0518. The molecule has 0 aromatic heterocycles. The van der Waals surface area contributed by atoms with Crippen molar-refractivity contribution in [3.05, 3.63) is 0 Å². The van der Waals surface area contributed by atoms with Crippen molar-refractivity contribution in [3.63, 3.8) is 0 Å². The lowest BCUT2D eigenvalue weighted by molar-refractivity contribution is -0.432. The molecular formula is C22H36O5. The van der Waals surface area contributed by atoms with E-state index < -0.39 is 11.6 Å². The van der Waals surface area contributed by atoms with Crippen LogP contribution in [0.3, 0.4) is 0 Å². The maximum absolute atomic E-state index is 11.0. The maximum Gasteiger partial charge on any atom is 0.277 e. The van der Waals surface area contributed by atoms with E-state index in [2.05, 4.69) is 13.8 Å². The molecule has 0 aromatic rings. The van der Waals surface area contributed by atoms with Gasteiger partial charge in [-0.2, -0.15) is 0 Å². The Labute approximate surface area is 162 Å². The molecule has 154 valence electrons. The zero-order valence-electron chi connectivity index (χ0n) is 17.0. The molecule has 5 heteroatoms. The summed E-state index contributed by atoms with van der Waals surface area (Å²) in [5.41, 5.74) is -0.457. The van der Waals surface area contributed by atoms with Gasteiger partial charge in [0.2, 0.25) is 0 Å². The van der Waals surface area contributed by atoms with Gasteiger partial charge in [0, 0.05) is 12.3 Å². The predicted octanol–water partition coefficient (Wildman–Crippen LogP) is 2.81. The number of aliphatic hydroxyl groups is 3. The van der Waals surface area contributed by atoms with Crippen LogP contribution in [-0.4, -0.2) is 46.2 Å². The van der Waals surface area contributed by atoms with Crippen molar-refractivity contribution in [2.45, 2.75) is 89.8 Å². The summed E-state index contributed by atoms with van der Waals surface area (Å²) in [6.45, 7) is 6.87. The lowest BCUT2D eigenvalue weighted by atomic mass is 9.39. The minimum atomic E-state index is -1.46. The number of hydrogen-bond donors (Lipinski definition) is 3. The van der Waals surface area contributed by atoms with Crippen molar-refractivity contribution in [1.29, 1.82) is 0 Å². The highest BCUT2D eigenvalue weighted by Crippen LogP contribution is 2.75. The monoisotopic (exact) mass is 380 g/mol. The molecule has 5 rings (SSSR count). The molecule has 1 spiro atoms. The van der Waals surface area contributed by atoms with Crippen LogP contribution in [0.4, 0.5) is 0 Å². The van der Waals surface area contributed by atoms with E-state index >= 15 is 0 Å². The van der Waals surface area contributed by atoms with Crippen molar-refractivity contribution in [1.82, 2.24) is 0 Å². The molecule has 2 bridgehead atoms. The number of ether oxygens (including phenoxy) is 2. The molecule has 4 aliphatic carbocycles. The van der Waals surface area contributed by atoms with Gasteiger partial charge in [0.15, 0.2) is 0 Å². The third-order valence-electron chi connectivity index (χ3n) is 10.2. The summed E-state index contributed by atoms with van der Waals surface area (Å²) in [7, 11) is 0. The normalized spacial score (nSPS) is 62.4. The third-order valence-corrected chi connectivity index (χ3v) is 10.2. The van der Waals surface area contributed by atoms with Crippen LogP contribution in [0, 0.1) is 34.0 Å². The maximum atomic E-state index is 11.0. The predicted molar refractivity (Wildman–Crippen MR) is 99.5 cm³/mol. The smallest absolute Gasteiger partial charge is 0.277 e. The van der Waals surface area contributed by atoms with Gasteiger partial charge in [-0.05, 0) is 80.0 Å². The third kappa shape index (κ3) is 2.24. The van der Waals surface area contributed by atoms with Gasteiger partial charge in [-0.1, -0.05) is 13.8 Å². The molecule has 27 heavy (non-hydrogen) atoms. The van der Waals surface area contributed by atoms with Crippen LogP contribution >= 0.6 is 0 Å². The molecule has 1 aliphatic heterocycles. The van der Waals surface area contributed by atoms with Gasteiger partial charge in [-0.3, -0.25) is 0 Å². The van der Waals surface area contributed by atoms with Gasteiger partial charge in [-0.15, -0.1) is 0 Å². The molecule has 5 nitrogen and oxygen atoms in total. The average molecular weight is 381 g/mol. The van der Waals surface area contributed by atoms with Crippen LogP contribution < -0.4 is 0 Å². The summed E-state index contributed by atoms with van der Waals surface area (Å²) in [6, 6.07) is 0. The van der Waals surface area contributed by atoms with Crippen LogP contribution in [0.15, 0.2) is 0 Å². The zero-order chi connectivity index (χ0) is 19.3. The molecule has 0 amide bonds. The molecule has 1 heterocycles. The molecule has 5 aliphatic rings. The van der Waals surface area contributed by atoms with Crippen molar-refractivity contribution in [3.8, 4) is 0 Å². The molecule has 9 unspecified atom stereocenters. The van der Waals surface area contributed by atoms with E-state index in [9.17, 15) is 15.3 Å². The Balaban J connectivity index is 1.51. The van der Waals surface area contributed by atoms with Crippen LogP contribution in [0.1, 0.15) is 72.1 Å². The number of rotatable bonds is 1. The van der Waals surface area contributed by atoms with Crippen molar-refractivity contribution in [2.24, 2.45) is 34.0 Å². The first-order valence-electron chi connectivity index (χ1n) is 11.0. The molecule has 3 N–H and O–H groups in total. The molecular weight excluding hydrogens is 344 g/mol. The Morgan fingerprint density at radius 1 is 0.963 bits per heavy atom. The number of aliphatic hydroxyl groups excluding tert-OH is 1. The molecule has 4 saturated carbocycles. The standard InChI is InChI=1S/C22H36O5/c1-18-13-26-20(3,24)27-17(18)6-7-19(2)16(18)5-4-14-10-15-11-21(14,19)8-9-22(15,25)12-23/h14-17,23-25H,4-13H2,1-3H3. The topological polar surface area (TPSA) is 79.2 Å². The van der Waals surface area contributed by atoms with Crippen LogP contribution in [0.2, 0.25) is 0 Å². The minimum Gasteiger partial charge on any atom is -0.393 e. The van der Waals surface area contributed by atoms with E-state index in [0.29, 0.717) is 18.4 Å². The lowest BCUT2D eigenvalue weighted by Gasteiger charge is -2.68. The lowest BCUT2D eigenvalue weighted by Crippen LogP contribution is -2.66. The highest BCUT2D eigenvalue weighted by molar-refractivity contribution is 5.19. The quantitative estimate of drug-likeness (QED) is 0.652. The van der Waals surface area contributed by atoms with Crippen molar-refractivity contribution >= 4 is 0 Å². The van der Waals surface area contributed by atoms with E-state index in [4.69, 9.17) is 9.47 Å². The molecule has 5 fully saturated rings. The highest BCUT2D eigenvalue weighted by Gasteiger charge is 2.71. The van der Waals surface area contributed by atoms with Gasteiger partial charge in [-0.25, -0.2) is 0 Å². The minimum absolute atomic E-state index is 0.0439. The Morgan fingerprint density at radius 2 is 1.74 bits per heavy atom. The molecule has 0 aromatic carbocycles. The number of fused-ring (bicyclic) bond motifs is 4. The first-order chi connectivity index (χ1) is 12.6. The van der Waals surface area contributed by atoms with E-state index in [1.807, 2.05) is 0 Å². The summed E-state index contributed by atoms with van der Waals surface area (Å²) < 4.78 is 11.8. The SMILES string of the molecule is CC1(O)OCC2(C)C(CCC3(C)C2CCC2CC4CC23CCC4(O)CO)O1. The Bertz CT molecular complexity index is 636. The van der Waals surface area contributed by atoms with Gasteiger partial charge in [0.05, 0.1) is 24.9 Å². The second-order valence-electron chi connectivity index (χ2n) is 11.1. The van der Waals surface area contributed by atoms with E-state index in [-0.39, 0.29) is 34.9 Å². The highest BCUT2D eigenvalue weighted by atomic mass is 16.8. The van der Waals surface area contributed by atoms with E-state index in [0.717, 1.165) is 38.5 Å². The molecule has 0 radical (unpaired) electrons. The summed E-state index contributed by atoms with van der Waals surface area (Å²) in [6.07, 6.45) is 8.39. The second-order valence-corrected chi connectivity index (χ2v) is 11.1. The van der Waals surface area contributed by atoms with Crippen LogP contribution in [0.25, 0.3) is 0 Å². The second kappa shape index (κ2) is 5.48. The van der Waals surface area contributed by atoms with E-state index in [1.165, 1.54) is 12.8 Å². The Kier molecular flexibility index (Phi) is 3.82. The summed E-state index contributed by atoms with van der Waals surface area (Å²) in [5, 5.41) is 31.1. The zero-order valence-corrected chi connectivity index (χ0v) is 17.0. The first kappa shape index (κ1) is 18.8. The van der Waals surface area contributed by atoms with Gasteiger partial charge in [0.25, 0.3) is 5.97 Å². The van der Waals surface area contributed by atoms with Crippen LogP contribution in [0.5, 0.6) is 0 Å². The average Bonchev–Trinajstić information content (AvgIpc) is 2.97. The van der Waals surface area contributed by atoms with Gasteiger partial charge >= 0.3 is 0 Å². The van der Waals surface area contributed by atoms with Crippen molar-refractivity contribution in [2.75, 3.05) is 13.2 Å². The fraction of sp³-hybridized carbons (Fsp3) is 1.00. The van der Waals surface area contributed by atoms with Gasteiger partial charge in [0.1, 0.15) is 0 Å². The van der Waals surface area contributed by atoms with Crippen molar-refractivity contribution < 1.29 is 24.8 Å². The number of hydrogen-bond acceptors (Lipinski definition) is 5. The first-order valence-corrected chi connectivity index (χ1v) is 11.0. The van der Waals surface area contributed by atoms with E-state index in [1.54, 1.807) is 6.92 Å². The van der Waals surface area contributed by atoms with Crippen LogP contribution in [-0.2, 0) is 9.47 Å². The Hall–Kier alpha value is -0.200. The summed E-state index contributed by atoms with van der Waals surface area (Å²) >= 11 is 0. The molecule has 1 saturated heterocycles. The fourth-order valence-corrected chi connectivity index (χ4v) is 8.68.